The molecule has 0 unspecified atom stereocenters. The molecule has 0 fully saturated rings. The maximum atomic E-state index is 10.7. The van der Waals surface area contributed by atoms with Crippen LogP contribution in [0, 0.1) is 5.92 Å². The molecule has 0 aromatic heterocycles. The van der Waals surface area contributed by atoms with Crippen molar-refractivity contribution in [3.63, 3.8) is 0 Å². The number of alkyl halides is 1. The van der Waals surface area contributed by atoms with Gasteiger partial charge >= 0.3 is 5.97 Å². The van der Waals surface area contributed by atoms with E-state index in [1.54, 1.807) is 6.92 Å². The first kappa shape index (κ1) is 12.3. The molecule has 0 aliphatic heterocycles. The van der Waals surface area contributed by atoms with E-state index in [4.69, 9.17) is 40.3 Å². The van der Waals surface area contributed by atoms with E-state index in [2.05, 4.69) is 0 Å². The standard InChI is InChI=1S/C6H10Cl3NO2/c1-3-4(2)6(7,5(11)12)10(8)9/h4H,3H2,1-2H3,(H,11,12)/t4-,6-/m0/s1. The van der Waals surface area contributed by atoms with E-state index in [1.165, 1.54) is 0 Å². The third-order valence-corrected chi connectivity index (χ3v) is 3.22. The minimum Gasteiger partial charge on any atom is -0.479 e. The second-order valence-electron chi connectivity index (χ2n) is 2.52. The van der Waals surface area contributed by atoms with Gasteiger partial charge in [0.15, 0.2) is 0 Å². The summed E-state index contributed by atoms with van der Waals surface area (Å²) in [6.07, 6.45) is 0.575. The molecule has 12 heavy (non-hydrogen) atoms. The highest BCUT2D eigenvalue weighted by Crippen LogP contribution is 2.35. The van der Waals surface area contributed by atoms with Crippen molar-refractivity contribution in [1.82, 2.24) is 3.94 Å². The fourth-order valence-electron chi connectivity index (χ4n) is 0.720. The molecule has 0 aromatic carbocycles. The van der Waals surface area contributed by atoms with Crippen LogP contribution in [-0.2, 0) is 4.79 Å². The fourth-order valence-corrected chi connectivity index (χ4v) is 1.35. The largest absolute Gasteiger partial charge is 0.479 e. The predicted molar refractivity (Wildman–Crippen MR) is 49.2 cm³/mol. The summed E-state index contributed by atoms with van der Waals surface area (Å²) >= 11 is 16.4. The molecular formula is C6H10Cl3NO2. The molecule has 0 aromatic rings. The minimum atomic E-state index is -1.74. The van der Waals surface area contributed by atoms with Gasteiger partial charge in [0.1, 0.15) is 0 Å². The Bertz CT molecular complexity index is 176. The van der Waals surface area contributed by atoms with Gasteiger partial charge in [-0.2, -0.15) is 0 Å². The highest BCUT2D eigenvalue weighted by Gasteiger charge is 2.46. The van der Waals surface area contributed by atoms with Crippen molar-refractivity contribution in [2.24, 2.45) is 5.92 Å². The van der Waals surface area contributed by atoms with E-state index in [0.29, 0.717) is 10.4 Å². The molecule has 1 N–H and O–H groups in total. The third-order valence-electron chi connectivity index (χ3n) is 1.81. The summed E-state index contributed by atoms with van der Waals surface area (Å²) in [6, 6.07) is 0. The first-order valence-electron chi connectivity index (χ1n) is 3.41. The zero-order chi connectivity index (χ0) is 9.94. The lowest BCUT2D eigenvalue weighted by Gasteiger charge is -2.30. The predicted octanol–water partition coefficient (Wildman–Crippen LogP) is 2.66. The van der Waals surface area contributed by atoms with Gasteiger partial charge < -0.3 is 5.11 Å². The first-order valence-corrected chi connectivity index (χ1v) is 4.46. The topological polar surface area (TPSA) is 40.5 Å². The molecule has 0 aliphatic carbocycles. The number of nitrogens with zero attached hydrogens (tertiary/aromatic N) is 1. The second kappa shape index (κ2) is 4.51. The Morgan fingerprint density at radius 1 is 1.67 bits per heavy atom. The van der Waals surface area contributed by atoms with Crippen LogP contribution in [0.3, 0.4) is 0 Å². The molecule has 0 bridgehead atoms. The van der Waals surface area contributed by atoms with Crippen LogP contribution in [0.15, 0.2) is 0 Å². The zero-order valence-electron chi connectivity index (χ0n) is 6.72. The average Bonchev–Trinajstić information content (AvgIpc) is 2.00. The molecule has 2 atom stereocenters. The van der Waals surface area contributed by atoms with Gasteiger partial charge in [0.25, 0.3) is 0 Å². The number of hydrogen-bond donors (Lipinski definition) is 1. The fraction of sp³-hybridized carbons (Fsp3) is 0.833. The maximum Gasteiger partial charge on any atom is 0.342 e. The van der Waals surface area contributed by atoms with Crippen molar-refractivity contribution >= 4 is 41.1 Å². The van der Waals surface area contributed by atoms with Crippen molar-refractivity contribution < 1.29 is 9.90 Å². The van der Waals surface area contributed by atoms with E-state index in [0.717, 1.165) is 0 Å². The van der Waals surface area contributed by atoms with Gasteiger partial charge in [-0.1, -0.05) is 29.4 Å². The van der Waals surface area contributed by atoms with Crippen LogP contribution in [0.2, 0.25) is 0 Å². The number of rotatable bonds is 4. The summed E-state index contributed by atoms with van der Waals surface area (Å²) in [4.78, 5) is 8.98. The highest BCUT2D eigenvalue weighted by atomic mass is 35.5. The molecule has 0 saturated carbocycles. The van der Waals surface area contributed by atoms with Crippen LogP contribution in [0.25, 0.3) is 0 Å². The van der Waals surface area contributed by atoms with Crippen molar-refractivity contribution in [2.45, 2.75) is 25.3 Å². The van der Waals surface area contributed by atoms with Gasteiger partial charge in [-0.25, -0.2) is 4.79 Å². The van der Waals surface area contributed by atoms with Crippen LogP contribution in [-0.4, -0.2) is 20.0 Å². The monoisotopic (exact) mass is 233 g/mol. The van der Waals surface area contributed by atoms with E-state index in [1.807, 2.05) is 6.92 Å². The molecular weight excluding hydrogens is 224 g/mol. The van der Waals surface area contributed by atoms with Crippen molar-refractivity contribution in [1.29, 1.82) is 0 Å². The van der Waals surface area contributed by atoms with Crippen LogP contribution in [0.4, 0.5) is 0 Å². The summed E-state index contributed by atoms with van der Waals surface area (Å²) in [5.74, 6) is -1.59. The normalized spacial score (nSPS) is 18.8. The van der Waals surface area contributed by atoms with Gasteiger partial charge in [0, 0.05) is 5.92 Å². The summed E-state index contributed by atoms with van der Waals surface area (Å²) in [5, 5.41) is 8.76. The van der Waals surface area contributed by atoms with Gasteiger partial charge in [0.05, 0.1) is 0 Å². The minimum absolute atomic E-state index is 0.341. The van der Waals surface area contributed by atoms with E-state index in [9.17, 15) is 4.79 Å². The SMILES string of the molecule is CC[C@H](C)[C@@](Cl)(C(=O)O)N(Cl)Cl. The zero-order valence-corrected chi connectivity index (χ0v) is 8.99. The molecule has 72 valence electrons. The van der Waals surface area contributed by atoms with E-state index < -0.39 is 11.0 Å². The lowest BCUT2D eigenvalue weighted by molar-refractivity contribution is -0.144. The molecule has 0 aliphatic rings. The number of halogens is 3. The molecule has 0 radical (unpaired) electrons. The molecule has 3 nitrogen and oxygen atoms in total. The maximum absolute atomic E-state index is 10.7. The quantitative estimate of drug-likeness (QED) is 0.462. The summed E-state index contributed by atoms with van der Waals surface area (Å²) < 4.78 is 0.477. The molecule has 6 heteroatoms. The third kappa shape index (κ3) is 2.16. The van der Waals surface area contributed by atoms with Crippen molar-refractivity contribution in [3.8, 4) is 0 Å². The average molecular weight is 235 g/mol. The molecule has 0 rings (SSSR count). The Kier molecular flexibility index (Phi) is 4.62. The van der Waals surface area contributed by atoms with Crippen molar-refractivity contribution in [3.05, 3.63) is 0 Å². The number of carboxylic acids is 1. The smallest absolute Gasteiger partial charge is 0.342 e. The van der Waals surface area contributed by atoms with E-state index in [-0.39, 0.29) is 5.92 Å². The lowest BCUT2D eigenvalue weighted by Crippen LogP contribution is -2.46. The summed E-state index contributed by atoms with van der Waals surface area (Å²) in [5.41, 5.74) is 0. The van der Waals surface area contributed by atoms with Gasteiger partial charge in [0.2, 0.25) is 5.00 Å². The first-order chi connectivity index (χ1) is 5.37. The molecule has 0 heterocycles. The number of hydrogen-bond acceptors (Lipinski definition) is 2. The van der Waals surface area contributed by atoms with Crippen LogP contribution >= 0.6 is 35.2 Å². The van der Waals surface area contributed by atoms with Crippen molar-refractivity contribution in [2.75, 3.05) is 0 Å². The number of carbonyl (C=O) groups is 1. The summed E-state index contributed by atoms with van der Waals surface area (Å²) in [7, 11) is 0. The molecule has 0 saturated heterocycles. The Morgan fingerprint density at radius 3 is 2.17 bits per heavy atom. The van der Waals surface area contributed by atoms with Gasteiger partial charge in [-0.15, -0.1) is 0 Å². The highest BCUT2D eigenvalue weighted by molar-refractivity contribution is 6.44. The van der Waals surface area contributed by atoms with E-state index >= 15 is 0 Å². The Morgan fingerprint density at radius 2 is 2.08 bits per heavy atom. The van der Waals surface area contributed by atoms with Gasteiger partial charge in [-0.3, -0.25) is 0 Å². The van der Waals surface area contributed by atoms with Gasteiger partial charge in [-0.05, 0) is 30.0 Å². The Balaban J connectivity index is 4.74. The number of aliphatic carboxylic acids is 1. The van der Waals surface area contributed by atoms with Crippen LogP contribution in [0.1, 0.15) is 20.3 Å². The summed E-state index contributed by atoms with van der Waals surface area (Å²) in [6.45, 7) is 3.47. The molecule has 0 spiro atoms. The Labute approximate surface area is 86.4 Å². The number of carboxylic acid groups (broad SMARTS) is 1. The Hall–Kier alpha value is 0.300. The second-order valence-corrected chi connectivity index (χ2v) is 3.95. The molecule has 0 amide bonds. The lowest BCUT2D eigenvalue weighted by atomic mass is 10.00. The van der Waals surface area contributed by atoms with Crippen LogP contribution in [0.5, 0.6) is 0 Å². The van der Waals surface area contributed by atoms with Crippen LogP contribution < -0.4 is 0 Å².